The van der Waals surface area contributed by atoms with E-state index in [-0.39, 0.29) is 43.4 Å². The topological polar surface area (TPSA) is 153 Å². The average Bonchev–Trinajstić information content (AvgIpc) is 3.28. The van der Waals surface area contributed by atoms with Crippen molar-refractivity contribution in [2.45, 2.75) is 47.1 Å². The van der Waals surface area contributed by atoms with E-state index in [9.17, 15) is 9.13 Å². The Bertz CT molecular complexity index is 1050. The Labute approximate surface area is 229 Å². The van der Waals surface area contributed by atoms with Gasteiger partial charge in [-0.1, -0.05) is 25.4 Å². The predicted octanol–water partition coefficient (Wildman–Crippen LogP) is 4.65. The van der Waals surface area contributed by atoms with Crippen molar-refractivity contribution in [1.82, 2.24) is 24.4 Å². The molecule has 0 aliphatic heterocycles. The van der Waals surface area contributed by atoms with Crippen molar-refractivity contribution in [2.24, 2.45) is 0 Å². The molecule has 0 spiro atoms. The highest BCUT2D eigenvalue weighted by Gasteiger charge is 2.26. The lowest BCUT2D eigenvalue weighted by atomic mass is 10.4. The first-order valence-electron chi connectivity index (χ1n) is 12.9. The van der Waals surface area contributed by atoms with Crippen LogP contribution in [-0.2, 0) is 38.5 Å². The zero-order chi connectivity index (χ0) is 28.0. The van der Waals surface area contributed by atoms with E-state index < -0.39 is 15.2 Å². The van der Waals surface area contributed by atoms with Crippen LogP contribution in [0.2, 0.25) is 5.15 Å². The molecule has 0 saturated heterocycles. The van der Waals surface area contributed by atoms with Crippen LogP contribution in [0.5, 0.6) is 0 Å². The van der Waals surface area contributed by atoms with Crippen molar-refractivity contribution < 1.29 is 32.0 Å². The van der Waals surface area contributed by atoms with E-state index in [0.29, 0.717) is 50.6 Å². The first-order valence-corrected chi connectivity index (χ1v) is 16.7. The molecule has 13 nitrogen and oxygen atoms in total. The maximum atomic E-state index is 13.0. The fourth-order valence-corrected chi connectivity index (χ4v) is 6.81. The van der Waals surface area contributed by atoms with Crippen LogP contribution in [0, 0.1) is 0 Å². The minimum absolute atomic E-state index is 0.0592. The maximum Gasteiger partial charge on any atom is 0.356 e. The summed E-state index contributed by atoms with van der Waals surface area (Å²) < 4.78 is 55.4. The van der Waals surface area contributed by atoms with Crippen LogP contribution in [0.15, 0.2) is 6.33 Å². The predicted molar refractivity (Wildman–Crippen MR) is 148 cm³/mol. The molecule has 38 heavy (non-hydrogen) atoms. The fourth-order valence-electron chi connectivity index (χ4n) is 3.44. The molecule has 2 N–H and O–H groups in total. The van der Waals surface area contributed by atoms with E-state index in [2.05, 4.69) is 15.0 Å². The van der Waals surface area contributed by atoms with Gasteiger partial charge in [-0.15, -0.1) is 0 Å². The van der Waals surface area contributed by atoms with Crippen LogP contribution < -0.4 is 5.73 Å². The Kier molecular flexibility index (Phi) is 14.7. The number of nitrogen functional groups attached to an aromatic ring is 1. The second-order valence-electron chi connectivity index (χ2n) is 8.31. The van der Waals surface area contributed by atoms with Gasteiger partial charge in [-0.25, -0.2) is 4.98 Å². The summed E-state index contributed by atoms with van der Waals surface area (Å²) in [7, 11) is -6.58. The van der Waals surface area contributed by atoms with Gasteiger partial charge in [0.2, 0.25) is 5.95 Å². The first kappa shape index (κ1) is 33.1. The van der Waals surface area contributed by atoms with Crippen molar-refractivity contribution in [3.63, 3.8) is 0 Å². The zero-order valence-corrected chi connectivity index (χ0v) is 25.3. The Morgan fingerprint density at radius 1 is 0.921 bits per heavy atom. The van der Waals surface area contributed by atoms with Crippen molar-refractivity contribution in [2.75, 3.05) is 70.9 Å². The van der Waals surface area contributed by atoms with Gasteiger partial charge in [0.05, 0.1) is 45.5 Å². The number of halogens is 1. The van der Waals surface area contributed by atoms with Gasteiger partial charge in [0.1, 0.15) is 11.9 Å². The third-order valence-corrected chi connectivity index (χ3v) is 9.19. The highest BCUT2D eigenvalue weighted by Crippen LogP contribution is 2.49. The molecule has 0 amide bonds. The summed E-state index contributed by atoms with van der Waals surface area (Å²) in [4.78, 5) is 14.5. The summed E-state index contributed by atoms with van der Waals surface area (Å²) in [6.07, 6.45) is 3.13. The standard InChI is InChI=1S/C22H41ClN6O7P2/c1-5-13-35-38(31,36-14-6-2)18-32-15-11-28(12-16-37(30,33-7-3)34-8-4)9-10-29-17-25-19-20(23)26-22(24)27-21(19)29/h17H,5-16,18H2,1-4H3,(H2,24,26,27). The number of anilines is 1. The van der Waals surface area contributed by atoms with E-state index in [1.54, 1.807) is 20.2 Å². The van der Waals surface area contributed by atoms with E-state index in [1.165, 1.54) is 0 Å². The molecule has 0 bridgehead atoms. The van der Waals surface area contributed by atoms with Gasteiger partial charge in [0.25, 0.3) is 0 Å². The number of rotatable bonds is 21. The van der Waals surface area contributed by atoms with Gasteiger partial charge in [0.15, 0.2) is 10.8 Å². The molecular formula is C22H41ClN6O7P2. The lowest BCUT2D eigenvalue weighted by Gasteiger charge is -2.25. The number of aromatic nitrogens is 4. The number of hydrogen-bond donors (Lipinski definition) is 1. The smallest absolute Gasteiger partial charge is 0.356 e. The number of nitrogens with two attached hydrogens (primary N) is 1. The monoisotopic (exact) mass is 598 g/mol. The summed E-state index contributed by atoms with van der Waals surface area (Å²) in [5, 5.41) is 0.186. The molecule has 0 saturated carbocycles. The van der Waals surface area contributed by atoms with Crippen LogP contribution in [0.25, 0.3) is 11.2 Å². The molecule has 2 rings (SSSR count). The van der Waals surface area contributed by atoms with Crippen molar-refractivity contribution in [3.8, 4) is 0 Å². The van der Waals surface area contributed by atoms with Gasteiger partial charge in [0, 0.05) is 26.2 Å². The van der Waals surface area contributed by atoms with Gasteiger partial charge >= 0.3 is 15.2 Å². The molecule has 2 aromatic rings. The molecule has 0 aliphatic rings. The number of hydrogen-bond acceptors (Lipinski definition) is 12. The molecule has 0 radical (unpaired) electrons. The molecule has 0 unspecified atom stereocenters. The van der Waals surface area contributed by atoms with Gasteiger partial charge in [-0.05, 0) is 26.7 Å². The first-order chi connectivity index (χ1) is 18.2. The average molecular weight is 599 g/mol. The largest absolute Gasteiger partial charge is 0.368 e. The minimum Gasteiger partial charge on any atom is -0.368 e. The molecule has 0 aromatic carbocycles. The second-order valence-corrected chi connectivity index (χ2v) is 12.8. The van der Waals surface area contributed by atoms with Crippen molar-refractivity contribution in [1.29, 1.82) is 0 Å². The Balaban J connectivity index is 2.06. The number of imidazole rings is 1. The van der Waals surface area contributed by atoms with E-state index >= 15 is 0 Å². The molecule has 0 aliphatic carbocycles. The van der Waals surface area contributed by atoms with Crippen LogP contribution >= 0.6 is 26.8 Å². The fraction of sp³-hybridized carbons (Fsp3) is 0.773. The van der Waals surface area contributed by atoms with Crippen molar-refractivity contribution in [3.05, 3.63) is 11.5 Å². The number of fused-ring (bicyclic) bond motifs is 1. The molecular weight excluding hydrogens is 558 g/mol. The van der Waals surface area contributed by atoms with Crippen LogP contribution in [-0.4, -0.2) is 89.6 Å². The third-order valence-electron chi connectivity index (χ3n) is 5.22. The maximum absolute atomic E-state index is 13.0. The lowest BCUT2D eigenvalue weighted by Crippen LogP contribution is -2.33. The number of ether oxygens (including phenoxy) is 1. The van der Waals surface area contributed by atoms with Gasteiger partial charge < -0.3 is 33.1 Å². The molecule has 218 valence electrons. The second kappa shape index (κ2) is 16.8. The summed E-state index contributed by atoms with van der Waals surface area (Å²) >= 11 is 6.15. The SMILES string of the molecule is CCCOP(=O)(COCCN(CCn1cnc2c(Cl)nc(N)nc21)CCP(=O)(OCC)OCC)OCCC. The normalized spacial score (nSPS) is 12.7. The van der Waals surface area contributed by atoms with Gasteiger partial charge in [-0.3, -0.25) is 14.0 Å². The molecule has 2 aromatic heterocycles. The third kappa shape index (κ3) is 10.8. The van der Waals surface area contributed by atoms with E-state index in [4.69, 9.17) is 40.2 Å². The quantitative estimate of drug-likeness (QED) is 0.121. The summed E-state index contributed by atoms with van der Waals surface area (Å²) in [5.41, 5.74) is 6.75. The Hall–Kier alpha value is -1.14. The highest BCUT2D eigenvalue weighted by atomic mass is 35.5. The molecule has 2 heterocycles. The van der Waals surface area contributed by atoms with Crippen LogP contribution in [0.4, 0.5) is 5.95 Å². The van der Waals surface area contributed by atoms with Crippen LogP contribution in [0.3, 0.4) is 0 Å². The molecule has 0 atom stereocenters. The van der Waals surface area contributed by atoms with Crippen molar-refractivity contribution >= 4 is 43.9 Å². The number of nitrogens with zero attached hydrogens (tertiary/aromatic N) is 5. The summed E-state index contributed by atoms with van der Waals surface area (Å²) in [6.45, 7) is 10.8. The van der Waals surface area contributed by atoms with E-state index in [1.807, 2.05) is 23.3 Å². The lowest BCUT2D eigenvalue weighted by molar-refractivity contribution is 0.106. The molecule has 16 heteroatoms. The summed E-state index contributed by atoms with van der Waals surface area (Å²) in [5.74, 6) is 0.0592. The van der Waals surface area contributed by atoms with Gasteiger partial charge in [-0.2, -0.15) is 9.97 Å². The highest BCUT2D eigenvalue weighted by molar-refractivity contribution is 7.54. The van der Waals surface area contributed by atoms with Crippen LogP contribution in [0.1, 0.15) is 40.5 Å². The summed E-state index contributed by atoms with van der Waals surface area (Å²) in [6, 6.07) is 0. The zero-order valence-electron chi connectivity index (χ0n) is 22.7. The Morgan fingerprint density at radius 3 is 2.18 bits per heavy atom. The minimum atomic E-state index is -3.34. The van der Waals surface area contributed by atoms with E-state index in [0.717, 1.165) is 12.8 Å². The Morgan fingerprint density at radius 2 is 1.58 bits per heavy atom. The molecule has 0 fully saturated rings.